The number of anilines is 1. The van der Waals surface area contributed by atoms with Gasteiger partial charge in [0.2, 0.25) is 10.0 Å². The van der Waals surface area contributed by atoms with E-state index in [0.717, 1.165) is 16.7 Å². The number of sulfonamides is 1. The number of hydrogen-bond donors (Lipinski definition) is 2. The van der Waals surface area contributed by atoms with E-state index in [-0.39, 0.29) is 30.2 Å². The van der Waals surface area contributed by atoms with E-state index in [1.807, 2.05) is 38.1 Å². The van der Waals surface area contributed by atoms with Crippen molar-refractivity contribution in [3.8, 4) is 11.3 Å². The summed E-state index contributed by atoms with van der Waals surface area (Å²) in [5, 5.41) is 12.2. The van der Waals surface area contributed by atoms with E-state index in [0.29, 0.717) is 30.1 Å². The predicted molar refractivity (Wildman–Crippen MR) is 160 cm³/mol. The maximum absolute atomic E-state index is 15.2. The van der Waals surface area contributed by atoms with Crippen molar-refractivity contribution in [1.82, 2.24) is 9.62 Å². The van der Waals surface area contributed by atoms with Crippen molar-refractivity contribution in [1.29, 1.82) is 0 Å². The molecule has 1 aliphatic heterocycles. The Morgan fingerprint density at radius 3 is 2.14 bits per heavy atom. The molecule has 1 aromatic heterocycles. The average Bonchev–Trinajstić information content (AvgIpc) is 3.48. The Morgan fingerprint density at radius 1 is 0.907 bits per heavy atom. The van der Waals surface area contributed by atoms with Crippen molar-refractivity contribution in [3.05, 3.63) is 107 Å². The molecule has 43 heavy (non-hydrogen) atoms. The molecule has 1 atom stereocenters. The fourth-order valence-electron chi connectivity index (χ4n) is 4.96. The predicted octanol–water partition coefficient (Wildman–Crippen LogP) is 4.64. The third kappa shape index (κ3) is 6.79. The molecular weight excluding hydrogens is 573 g/mol. The van der Waals surface area contributed by atoms with Crippen molar-refractivity contribution in [3.63, 3.8) is 0 Å². The number of carbonyl (C=O) groups is 2. The van der Waals surface area contributed by atoms with Gasteiger partial charge in [-0.3, -0.25) is 4.79 Å². The van der Waals surface area contributed by atoms with Crippen molar-refractivity contribution < 1.29 is 31.9 Å². The van der Waals surface area contributed by atoms with Crippen molar-refractivity contribution in [2.75, 3.05) is 31.1 Å². The van der Waals surface area contributed by atoms with E-state index < -0.39 is 33.8 Å². The molecule has 9 nitrogen and oxygen atoms in total. The fourth-order valence-corrected chi connectivity index (χ4v) is 6.38. The number of furan rings is 1. The Kier molecular flexibility index (Phi) is 8.65. The number of halogens is 1. The second kappa shape index (κ2) is 12.4. The fraction of sp³-hybridized carbons (Fsp3) is 0.250. The van der Waals surface area contributed by atoms with Crippen molar-refractivity contribution >= 4 is 27.6 Å². The Labute approximate surface area is 249 Å². The van der Waals surface area contributed by atoms with Gasteiger partial charge >= 0.3 is 5.97 Å². The van der Waals surface area contributed by atoms with Gasteiger partial charge in [-0.25, -0.2) is 17.6 Å². The standard InChI is InChI=1S/C32H32FN3O6S/c1-21-3-8-24(9-4-21)29-13-14-30(42-29)31(37)34-27(32(38)39)20-23-7-12-28(26(33)19-23)35-15-17-36(18-16-35)43(40,41)25-10-5-22(2)6-11-25/h3-14,19,27H,15-18,20H2,1-2H3,(H,34,37)(H,38,39). The highest BCUT2D eigenvalue weighted by atomic mass is 32.2. The van der Waals surface area contributed by atoms with Crippen LogP contribution in [-0.4, -0.2) is 61.9 Å². The Bertz CT molecular complexity index is 1730. The van der Waals surface area contributed by atoms with Gasteiger partial charge in [0.15, 0.2) is 5.76 Å². The zero-order valence-corrected chi connectivity index (χ0v) is 24.6. The number of carbonyl (C=O) groups excluding carboxylic acids is 1. The van der Waals surface area contributed by atoms with Crippen LogP contribution in [0.15, 0.2) is 88.2 Å². The summed E-state index contributed by atoms with van der Waals surface area (Å²) in [5.41, 5.74) is 3.50. The van der Waals surface area contributed by atoms with Gasteiger partial charge in [-0.2, -0.15) is 4.31 Å². The van der Waals surface area contributed by atoms with Crippen LogP contribution in [0.5, 0.6) is 0 Å². The van der Waals surface area contributed by atoms with Gasteiger partial charge < -0.3 is 19.7 Å². The van der Waals surface area contributed by atoms with Crippen LogP contribution < -0.4 is 10.2 Å². The minimum Gasteiger partial charge on any atom is -0.480 e. The number of benzene rings is 3. The number of carboxylic acid groups (broad SMARTS) is 1. The number of amides is 1. The summed E-state index contributed by atoms with van der Waals surface area (Å²) >= 11 is 0. The molecule has 3 aromatic carbocycles. The second-order valence-corrected chi connectivity index (χ2v) is 12.5. The lowest BCUT2D eigenvalue weighted by Gasteiger charge is -2.35. The molecule has 2 heterocycles. The SMILES string of the molecule is Cc1ccc(-c2ccc(C(=O)NC(Cc3ccc(N4CCN(S(=O)(=O)c5ccc(C)cc5)CC4)c(F)c3)C(=O)O)o2)cc1. The van der Waals surface area contributed by atoms with Crippen LogP contribution in [0.25, 0.3) is 11.3 Å². The highest BCUT2D eigenvalue weighted by Gasteiger charge is 2.30. The maximum Gasteiger partial charge on any atom is 0.326 e. The molecule has 1 saturated heterocycles. The number of aliphatic carboxylic acids is 1. The number of piperazine rings is 1. The van der Waals surface area contributed by atoms with Crippen LogP contribution in [0, 0.1) is 19.7 Å². The molecule has 1 unspecified atom stereocenters. The van der Waals surface area contributed by atoms with Gasteiger partial charge in [0, 0.05) is 38.2 Å². The van der Waals surface area contributed by atoms with E-state index in [2.05, 4.69) is 5.32 Å². The van der Waals surface area contributed by atoms with E-state index in [1.54, 1.807) is 47.4 Å². The number of nitrogens with one attached hydrogen (secondary N) is 1. The number of carboxylic acids is 1. The summed E-state index contributed by atoms with van der Waals surface area (Å²) < 4.78 is 48.3. The first kappa shape index (κ1) is 30.0. The quantitative estimate of drug-likeness (QED) is 0.285. The zero-order chi connectivity index (χ0) is 30.7. The monoisotopic (exact) mass is 605 g/mol. The second-order valence-electron chi connectivity index (χ2n) is 10.6. The summed E-state index contributed by atoms with van der Waals surface area (Å²) in [6.45, 7) is 4.83. The Morgan fingerprint density at radius 2 is 1.53 bits per heavy atom. The first-order valence-electron chi connectivity index (χ1n) is 13.8. The van der Waals surface area contributed by atoms with Gasteiger partial charge in [-0.15, -0.1) is 0 Å². The molecule has 5 rings (SSSR count). The average molecular weight is 606 g/mol. The maximum atomic E-state index is 15.2. The lowest BCUT2D eigenvalue weighted by atomic mass is 10.0. The molecule has 0 spiro atoms. The Hall–Kier alpha value is -4.48. The summed E-state index contributed by atoms with van der Waals surface area (Å²) in [6.07, 6.45) is -0.146. The van der Waals surface area contributed by atoms with Gasteiger partial charge in [-0.05, 0) is 55.8 Å². The molecule has 0 radical (unpaired) electrons. The molecule has 0 aliphatic carbocycles. The third-order valence-electron chi connectivity index (χ3n) is 7.46. The molecule has 224 valence electrons. The first-order valence-corrected chi connectivity index (χ1v) is 15.3. The lowest BCUT2D eigenvalue weighted by molar-refractivity contribution is -0.139. The smallest absolute Gasteiger partial charge is 0.326 e. The van der Waals surface area contributed by atoms with Crippen LogP contribution in [0.4, 0.5) is 10.1 Å². The van der Waals surface area contributed by atoms with E-state index in [9.17, 15) is 23.1 Å². The minimum absolute atomic E-state index is 0.0353. The topological polar surface area (TPSA) is 120 Å². The number of nitrogens with zero attached hydrogens (tertiary/aromatic N) is 2. The van der Waals surface area contributed by atoms with Gasteiger partial charge in [0.25, 0.3) is 5.91 Å². The summed E-state index contributed by atoms with van der Waals surface area (Å²) in [6, 6.07) is 20.4. The van der Waals surface area contributed by atoms with Gasteiger partial charge in [0.05, 0.1) is 10.6 Å². The first-order chi connectivity index (χ1) is 20.5. The largest absolute Gasteiger partial charge is 0.480 e. The van der Waals surface area contributed by atoms with E-state index >= 15 is 4.39 Å². The Balaban J connectivity index is 1.21. The molecule has 11 heteroatoms. The van der Waals surface area contributed by atoms with Gasteiger partial charge in [0.1, 0.15) is 17.6 Å². The number of hydrogen-bond acceptors (Lipinski definition) is 6. The molecule has 0 saturated carbocycles. The molecular formula is C32H32FN3O6S. The highest BCUT2D eigenvalue weighted by molar-refractivity contribution is 7.89. The summed E-state index contributed by atoms with van der Waals surface area (Å²) in [7, 11) is -3.65. The van der Waals surface area contributed by atoms with Crippen molar-refractivity contribution in [2.24, 2.45) is 0 Å². The van der Waals surface area contributed by atoms with Crippen LogP contribution in [-0.2, 0) is 21.2 Å². The molecule has 2 N–H and O–H groups in total. The third-order valence-corrected chi connectivity index (χ3v) is 9.37. The van der Waals surface area contributed by atoms with Crippen LogP contribution in [0.2, 0.25) is 0 Å². The van der Waals surface area contributed by atoms with E-state index in [1.165, 1.54) is 16.4 Å². The number of aryl methyl sites for hydroxylation is 2. The molecule has 0 bridgehead atoms. The van der Waals surface area contributed by atoms with E-state index in [4.69, 9.17) is 4.42 Å². The van der Waals surface area contributed by atoms with Gasteiger partial charge in [-0.1, -0.05) is 53.6 Å². The van der Waals surface area contributed by atoms with Crippen LogP contribution in [0.1, 0.15) is 27.2 Å². The lowest BCUT2D eigenvalue weighted by Crippen LogP contribution is -2.48. The number of rotatable bonds is 9. The molecule has 1 fully saturated rings. The molecule has 4 aromatic rings. The van der Waals surface area contributed by atoms with Crippen LogP contribution >= 0.6 is 0 Å². The minimum atomic E-state index is -3.65. The molecule has 1 amide bonds. The highest BCUT2D eigenvalue weighted by Crippen LogP contribution is 2.26. The normalized spacial score (nSPS) is 14.8. The summed E-state index contributed by atoms with van der Waals surface area (Å²) in [4.78, 5) is 26.7. The van der Waals surface area contributed by atoms with Crippen LogP contribution in [0.3, 0.4) is 0 Å². The molecule has 1 aliphatic rings. The van der Waals surface area contributed by atoms with Crippen molar-refractivity contribution in [2.45, 2.75) is 31.2 Å². The summed E-state index contributed by atoms with van der Waals surface area (Å²) in [5.74, 6) is -2.08. The zero-order valence-electron chi connectivity index (χ0n) is 23.8.